The fourth-order valence-corrected chi connectivity index (χ4v) is 1.67. The van der Waals surface area contributed by atoms with Crippen LogP contribution < -0.4 is 11.1 Å². The Hall–Kier alpha value is -1.06. The van der Waals surface area contributed by atoms with Crippen molar-refractivity contribution in [2.24, 2.45) is 5.73 Å². The van der Waals surface area contributed by atoms with Gasteiger partial charge in [0.2, 0.25) is 5.91 Å². The van der Waals surface area contributed by atoms with Gasteiger partial charge < -0.3 is 11.1 Å². The highest BCUT2D eigenvalue weighted by molar-refractivity contribution is 5.85. The first kappa shape index (κ1) is 11.0. The van der Waals surface area contributed by atoms with Gasteiger partial charge in [0, 0.05) is 6.54 Å². The summed E-state index contributed by atoms with van der Waals surface area (Å²) < 4.78 is 0. The van der Waals surface area contributed by atoms with Crippen molar-refractivity contribution in [1.29, 1.82) is 0 Å². The molecule has 2 rings (SSSR count). The van der Waals surface area contributed by atoms with Gasteiger partial charge in [-0.1, -0.05) is 18.2 Å². The Morgan fingerprint density at radius 3 is 3.14 bits per heavy atom. The van der Waals surface area contributed by atoms with Crippen molar-refractivity contribution < 1.29 is 4.79 Å². The predicted molar refractivity (Wildman–Crippen MR) is 56.2 cm³/mol. The van der Waals surface area contributed by atoms with Crippen LogP contribution in [0.1, 0.15) is 17.2 Å². The highest BCUT2D eigenvalue weighted by Gasteiger charge is 2.23. The van der Waals surface area contributed by atoms with Gasteiger partial charge in [0.05, 0.1) is 0 Å². The van der Waals surface area contributed by atoms with Crippen LogP contribution in [0.15, 0.2) is 18.2 Å². The van der Waals surface area contributed by atoms with E-state index < -0.39 is 0 Å². The van der Waals surface area contributed by atoms with Crippen LogP contribution in [0.25, 0.3) is 0 Å². The van der Waals surface area contributed by atoms with Crippen molar-refractivity contribution in [3.63, 3.8) is 0 Å². The second kappa shape index (κ2) is 4.44. The zero-order valence-corrected chi connectivity index (χ0v) is 8.43. The number of hydrogen-bond donors (Lipinski definition) is 2. The normalized spacial score (nSPS) is 19.3. The van der Waals surface area contributed by atoms with Crippen molar-refractivity contribution in [1.82, 2.24) is 5.32 Å². The maximum absolute atomic E-state index is 11.1. The zero-order valence-electron chi connectivity index (χ0n) is 7.62. The van der Waals surface area contributed by atoms with Crippen LogP contribution >= 0.6 is 12.4 Å². The first-order valence-corrected chi connectivity index (χ1v) is 4.31. The predicted octanol–water partition coefficient (Wildman–Crippen LogP) is 0.581. The van der Waals surface area contributed by atoms with Crippen molar-refractivity contribution in [2.75, 3.05) is 6.54 Å². The molecule has 0 aliphatic carbocycles. The molecule has 1 unspecified atom stereocenters. The van der Waals surface area contributed by atoms with E-state index in [1.807, 2.05) is 18.2 Å². The summed E-state index contributed by atoms with van der Waals surface area (Å²) in [6, 6.07) is 8.46. The molecule has 0 spiro atoms. The molecule has 0 saturated carbocycles. The number of nitrogens with two attached hydrogens (primary N) is 1. The lowest BCUT2D eigenvalue weighted by Crippen LogP contribution is -2.38. The van der Waals surface area contributed by atoms with Crippen molar-refractivity contribution in [2.45, 2.75) is 12.5 Å². The first-order chi connectivity index (χ1) is 6.29. The number of benzene rings is 1. The lowest BCUT2D eigenvalue weighted by atomic mass is 9.94. The molecule has 4 heteroatoms. The molecule has 14 heavy (non-hydrogen) atoms. The average molecular weight is 212 g/mol. The van der Waals surface area contributed by atoms with Crippen molar-refractivity contribution in [3.8, 4) is 0 Å². The standard InChI is InChI=1S/C10H11N2O.ClH/c11-10(13)9-8-4-2-1-3-7(8)5-6-12-9;/h1-3,9,12H,5-6H2,(H2,11,13);1H. The Kier molecular flexibility index (Phi) is 3.49. The van der Waals surface area contributed by atoms with Crippen molar-refractivity contribution in [3.05, 3.63) is 35.4 Å². The van der Waals surface area contributed by atoms with Crippen LogP contribution in [0.3, 0.4) is 0 Å². The number of halogens is 1. The van der Waals surface area contributed by atoms with E-state index in [4.69, 9.17) is 5.73 Å². The third-order valence-electron chi connectivity index (χ3n) is 2.29. The summed E-state index contributed by atoms with van der Waals surface area (Å²) in [7, 11) is 0. The molecule has 0 fully saturated rings. The smallest absolute Gasteiger partial charge is 0.239 e. The summed E-state index contributed by atoms with van der Waals surface area (Å²) in [4.78, 5) is 11.1. The fourth-order valence-electron chi connectivity index (χ4n) is 1.67. The van der Waals surface area contributed by atoms with Crippen LogP contribution in [0.5, 0.6) is 0 Å². The number of amides is 1. The van der Waals surface area contributed by atoms with Crippen LogP contribution in [-0.4, -0.2) is 12.5 Å². The van der Waals surface area contributed by atoms with E-state index in [9.17, 15) is 4.79 Å². The SMILES string of the molecule is Cl.NC(=O)C1NCCc2ccc[c]c21. The van der Waals surface area contributed by atoms with Gasteiger partial charge >= 0.3 is 0 Å². The molecular formula is C10H12ClN2O. The molecule has 1 aliphatic rings. The van der Waals surface area contributed by atoms with Gasteiger partial charge in [-0.15, -0.1) is 12.4 Å². The van der Waals surface area contributed by atoms with Crippen LogP contribution in [0.2, 0.25) is 0 Å². The molecule has 1 aliphatic heterocycles. The molecule has 1 radical (unpaired) electrons. The van der Waals surface area contributed by atoms with E-state index in [-0.39, 0.29) is 24.4 Å². The Morgan fingerprint density at radius 2 is 2.43 bits per heavy atom. The largest absolute Gasteiger partial charge is 0.368 e. The van der Waals surface area contributed by atoms with Gasteiger partial charge in [0.15, 0.2) is 0 Å². The van der Waals surface area contributed by atoms with Crippen molar-refractivity contribution >= 4 is 18.3 Å². The molecule has 1 amide bonds. The quantitative estimate of drug-likeness (QED) is 0.714. The minimum absolute atomic E-state index is 0. The molecule has 3 nitrogen and oxygen atoms in total. The molecule has 75 valence electrons. The van der Waals surface area contributed by atoms with Crippen LogP contribution in [-0.2, 0) is 11.2 Å². The summed E-state index contributed by atoms with van der Waals surface area (Å²) in [5.74, 6) is -0.330. The number of hydrogen-bond acceptors (Lipinski definition) is 2. The molecule has 1 aromatic rings. The maximum atomic E-state index is 11.1. The second-order valence-corrected chi connectivity index (χ2v) is 3.15. The van der Waals surface area contributed by atoms with E-state index in [0.717, 1.165) is 18.5 Å². The second-order valence-electron chi connectivity index (χ2n) is 3.15. The lowest BCUT2D eigenvalue weighted by molar-refractivity contribution is -0.120. The van der Waals surface area contributed by atoms with Crippen LogP contribution in [0.4, 0.5) is 0 Å². The van der Waals surface area contributed by atoms with E-state index in [2.05, 4.69) is 11.4 Å². The van der Waals surface area contributed by atoms with Gasteiger partial charge in [-0.05, 0) is 23.6 Å². The highest BCUT2D eigenvalue weighted by atomic mass is 35.5. The van der Waals surface area contributed by atoms with E-state index in [1.165, 1.54) is 5.56 Å². The summed E-state index contributed by atoms with van der Waals surface area (Å²) in [6.07, 6.45) is 0.941. The summed E-state index contributed by atoms with van der Waals surface area (Å²) in [5, 5.41) is 3.07. The molecule has 0 bridgehead atoms. The van der Waals surface area contributed by atoms with Gasteiger partial charge in [0.25, 0.3) is 0 Å². The summed E-state index contributed by atoms with van der Waals surface area (Å²) in [5.41, 5.74) is 7.34. The lowest BCUT2D eigenvalue weighted by Gasteiger charge is -2.23. The monoisotopic (exact) mass is 211 g/mol. The molecule has 1 heterocycles. The van der Waals surface area contributed by atoms with Gasteiger partial charge in [-0.3, -0.25) is 4.79 Å². The number of primary amides is 1. The van der Waals surface area contributed by atoms with E-state index >= 15 is 0 Å². The topological polar surface area (TPSA) is 55.1 Å². The maximum Gasteiger partial charge on any atom is 0.239 e. The molecule has 0 saturated heterocycles. The Morgan fingerprint density at radius 1 is 1.64 bits per heavy atom. The number of carbonyl (C=O) groups excluding carboxylic acids is 1. The van der Waals surface area contributed by atoms with Crippen LogP contribution in [0, 0.1) is 6.07 Å². The number of fused-ring (bicyclic) bond motifs is 1. The molecular weight excluding hydrogens is 200 g/mol. The average Bonchev–Trinajstić information content (AvgIpc) is 2.17. The molecule has 1 atom stereocenters. The third-order valence-corrected chi connectivity index (χ3v) is 2.29. The van der Waals surface area contributed by atoms with Gasteiger partial charge in [0.1, 0.15) is 6.04 Å². The van der Waals surface area contributed by atoms with Gasteiger partial charge in [-0.25, -0.2) is 0 Å². The molecule has 1 aromatic carbocycles. The molecule has 3 N–H and O–H groups in total. The Labute approximate surface area is 89.1 Å². The fraction of sp³-hybridized carbons (Fsp3) is 0.300. The molecule has 0 aromatic heterocycles. The van der Waals surface area contributed by atoms with E-state index in [0.29, 0.717) is 0 Å². The minimum Gasteiger partial charge on any atom is -0.368 e. The first-order valence-electron chi connectivity index (χ1n) is 4.31. The minimum atomic E-state index is -0.357. The zero-order chi connectivity index (χ0) is 9.26. The number of nitrogens with one attached hydrogen (secondary N) is 1. The number of rotatable bonds is 1. The summed E-state index contributed by atoms with van der Waals surface area (Å²) in [6.45, 7) is 0.804. The number of carbonyl (C=O) groups is 1. The van der Waals surface area contributed by atoms with E-state index in [1.54, 1.807) is 0 Å². The highest BCUT2D eigenvalue weighted by Crippen LogP contribution is 2.21. The Balaban J connectivity index is 0.000000980. The van der Waals surface area contributed by atoms with Gasteiger partial charge in [-0.2, -0.15) is 0 Å². The summed E-state index contributed by atoms with van der Waals surface area (Å²) >= 11 is 0. The third kappa shape index (κ3) is 1.89. The Bertz CT molecular complexity index is 341.